The van der Waals surface area contributed by atoms with Gasteiger partial charge in [0.25, 0.3) is 0 Å². The molecule has 0 atom stereocenters. The van der Waals surface area contributed by atoms with Crippen molar-refractivity contribution < 1.29 is 30.9 Å². The minimum atomic E-state index is -5.72. The van der Waals surface area contributed by atoms with Gasteiger partial charge in [0.1, 0.15) is 16.8 Å². The van der Waals surface area contributed by atoms with Crippen molar-refractivity contribution in [1.29, 1.82) is 0 Å². The van der Waals surface area contributed by atoms with Crippen molar-refractivity contribution in [1.82, 2.24) is 19.9 Å². The number of para-hydroxylation sites is 2. The Labute approximate surface area is 174 Å². The first-order chi connectivity index (χ1) is 14.5. The highest BCUT2D eigenvalue weighted by atomic mass is 32.2. The van der Waals surface area contributed by atoms with Gasteiger partial charge < -0.3 is 9.29 Å². The molecule has 2 aromatic carbocycles. The van der Waals surface area contributed by atoms with Crippen LogP contribution in [-0.2, 0) is 10.1 Å². The predicted octanol–water partition coefficient (Wildman–Crippen LogP) is 3.81. The average Bonchev–Trinajstić information content (AvgIpc) is 2.69. The second-order valence-electron chi connectivity index (χ2n) is 6.27. The van der Waals surface area contributed by atoms with Crippen LogP contribution in [0.4, 0.5) is 13.2 Å². The minimum absolute atomic E-state index is 0.0460. The van der Waals surface area contributed by atoms with Gasteiger partial charge in [-0.15, -0.1) is 0 Å². The molecule has 0 bridgehead atoms. The Morgan fingerprint density at radius 3 is 1.97 bits per heavy atom. The molecule has 0 unspecified atom stereocenters. The molecule has 8 nitrogen and oxygen atoms in total. The summed E-state index contributed by atoms with van der Waals surface area (Å²) in [7, 11) is -5.72. The molecular weight excluding hydrogens is 437 g/mol. The summed E-state index contributed by atoms with van der Waals surface area (Å²) < 4.78 is 62.7. The van der Waals surface area contributed by atoms with Gasteiger partial charge in [-0.2, -0.15) is 21.6 Å². The van der Waals surface area contributed by atoms with Crippen LogP contribution in [0.2, 0.25) is 0 Å². The van der Waals surface area contributed by atoms with Gasteiger partial charge in [-0.1, -0.05) is 12.1 Å². The highest BCUT2D eigenvalue weighted by molar-refractivity contribution is 7.88. The van der Waals surface area contributed by atoms with Crippen LogP contribution in [0.3, 0.4) is 0 Å². The number of aromatic nitrogens is 4. The summed E-state index contributed by atoms with van der Waals surface area (Å²) in [5.74, 6) is -0.324. The normalized spacial score (nSPS) is 11.8. The zero-order valence-electron chi connectivity index (χ0n) is 16.1. The lowest BCUT2D eigenvalue weighted by Gasteiger charge is -2.10. The van der Waals surface area contributed by atoms with Crippen LogP contribution in [0.1, 0.15) is 11.4 Å². The molecule has 1 N–H and O–H groups in total. The first-order valence-electron chi connectivity index (χ1n) is 8.62. The number of rotatable bonds is 2. The van der Waals surface area contributed by atoms with Crippen molar-refractivity contribution in [3.8, 4) is 11.5 Å². The van der Waals surface area contributed by atoms with E-state index >= 15 is 0 Å². The van der Waals surface area contributed by atoms with Crippen LogP contribution in [0, 0.1) is 13.8 Å². The molecule has 0 aliphatic heterocycles. The topological polar surface area (TPSA) is 115 Å². The van der Waals surface area contributed by atoms with Crippen LogP contribution in [0.25, 0.3) is 22.1 Å². The third kappa shape index (κ3) is 4.97. The number of halogens is 3. The van der Waals surface area contributed by atoms with Gasteiger partial charge in [0.15, 0.2) is 5.75 Å². The number of phenolic OH excluding ortho intramolecular Hbond substituents is 1. The highest BCUT2D eigenvalue weighted by Crippen LogP contribution is 2.30. The van der Waals surface area contributed by atoms with E-state index in [0.29, 0.717) is 11.2 Å². The van der Waals surface area contributed by atoms with E-state index in [0.717, 1.165) is 17.3 Å². The summed E-state index contributed by atoms with van der Waals surface area (Å²) in [4.78, 5) is 16.1. The largest absolute Gasteiger partial charge is 0.534 e. The number of fused-ring (bicyclic) bond motifs is 2. The number of hydrogen-bond acceptors (Lipinski definition) is 8. The Bertz CT molecular complexity index is 1360. The maximum absolute atomic E-state index is 12.2. The maximum Gasteiger partial charge on any atom is 0.534 e. The summed E-state index contributed by atoms with van der Waals surface area (Å²) in [5, 5.41) is 9.39. The Morgan fingerprint density at radius 1 is 0.871 bits per heavy atom. The maximum atomic E-state index is 12.2. The first kappa shape index (κ1) is 22.2. The SMILES string of the molecule is Cc1cnc2cccc(O)c2n1.Cc1cnc2cccc(OS(=O)(=O)C(F)(F)F)c2n1. The second kappa shape index (κ2) is 8.30. The van der Waals surface area contributed by atoms with E-state index in [9.17, 15) is 26.7 Å². The number of nitrogens with zero attached hydrogens (tertiary/aromatic N) is 4. The van der Waals surface area contributed by atoms with E-state index in [1.54, 1.807) is 25.3 Å². The summed E-state index contributed by atoms with van der Waals surface area (Å²) in [6, 6.07) is 9.07. The van der Waals surface area contributed by atoms with Crippen LogP contribution in [0.5, 0.6) is 11.5 Å². The van der Waals surface area contributed by atoms with Crippen molar-refractivity contribution in [2.75, 3.05) is 0 Å². The molecule has 0 amide bonds. The molecule has 0 radical (unpaired) electrons. The lowest BCUT2D eigenvalue weighted by molar-refractivity contribution is -0.0499. The number of hydrogen-bond donors (Lipinski definition) is 1. The third-order valence-electron chi connectivity index (χ3n) is 3.81. The summed E-state index contributed by atoms with van der Waals surface area (Å²) in [6.45, 7) is 3.42. The van der Waals surface area contributed by atoms with Crippen LogP contribution >= 0.6 is 0 Å². The van der Waals surface area contributed by atoms with Crippen molar-refractivity contribution in [2.24, 2.45) is 0 Å². The molecule has 4 rings (SSSR count). The molecule has 0 saturated heterocycles. The van der Waals surface area contributed by atoms with Crippen molar-refractivity contribution in [2.45, 2.75) is 19.4 Å². The number of aryl methyl sites for hydroxylation is 2. The molecule has 31 heavy (non-hydrogen) atoms. The molecule has 2 aromatic heterocycles. The predicted molar refractivity (Wildman–Crippen MR) is 106 cm³/mol. The van der Waals surface area contributed by atoms with Gasteiger partial charge in [-0.05, 0) is 38.1 Å². The number of alkyl halides is 3. The van der Waals surface area contributed by atoms with Gasteiger partial charge in [0.2, 0.25) is 0 Å². The van der Waals surface area contributed by atoms with E-state index in [4.69, 9.17) is 0 Å². The van der Waals surface area contributed by atoms with E-state index in [2.05, 4.69) is 24.1 Å². The highest BCUT2D eigenvalue weighted by Gasteiger charge is 2.48. The molecular formula is C19H15F3N4O4S. The van der Waals surface area contributed by atoms with Crippen LogP contribution in [-0.4, -0.2) is 39.0 Å². The van der Waals surface area contributed by atoms with E-state index < -0.39 is 21.4 Å². The lowest BCUT2D eigenvalue weighted by atomic mass is 10.3. The summed E-state index contributed by atoms with van der Waals surface area (Å²) >= 11 is 0. The third-order valence-corrected chi connectivity index (χ3v) is 4.78. The van der Waals surface area contributed by atoms with Gasteiger partial charge in [0, 0.05) is 12.4 Å². The molecule has 4 aromatic rings. The monoisotopic (exact) mass is 452 g/mol. The number of phenols is 1. The molecule has 0 saturated carbocycles. The first-order valence-corrected chi connectivity index (χ1v) is 10.0. The van der Waals surface area contributed by atoms with Gasteiger partial charge >= 0.3 is 15.6 Å². The Balaban J connectivity index is 0.000000194. The van der Waals surface area contributed by atoms with Crippen LogP contribution < -0.4 is 4.18 Å². The zero-order chi connectivity index (χ0) is 22.8. The fraction of sp³-hybridized carbons (Fsp3) is 0.158. The van der Waals surface area contributed by atoms with Gasteiger partial charge in [0.05, 0.1) is 22.4 Å². The summed E-state index contributed by atoms with van der Waals surface area (Å²) in [6.07, 6.45) is 3.09. The van der Waals surface area contributed by atoms with E-state index in [-0.39, 0.29) is 16.8 Å². The lowest BCUT2D eigenvalue weighted by Crippen LogP contribution is -2.28. The quantitative estimate of drug-likeness (QED) is 0.361. The Hall–Kier alpha value is -3.54. The molecule has 0 fully saturated rings. The Kier molecular flexibility index (Phi) is 5.93. The van der Waals surface area contributed by atoms with Crippen molar-refractivity contribution in [3.05, 3.63) is 60.2 Å². The molecule has 0 aliphatic rings. The smallest absolute Gasteiger partial charge is 0.506 e. The molecule has 12 heteroatoms. The number of benzene rings is 2. The standard InChI is InChI=1S/C10H7F3N2O3S.C9H8N2O/c1-6-5-14-7-3-2-4-8(9(7)15-6)18-19(16,17)10(11,12)13;1-6-5-10-7-3-2-4-8(12)9(7)11-6/h2-5H,1H3;2-5,12H,1H3. The molecule has 0 spiro atoms. The second-order valence-corrected chi connectivity index (χ2v) is 7.81. The molecule has 0 aliphatic carbocycles. The van der Waals surface area contributed by atoms with Crippen molar-refractivity contribution in [3.63, 3.8) is 0 Å². The fourth-order valence-corrected chi connectivity index (χ4v) is 2.90. The number of aromatic hydroxyl groups is 1. The fourth-order valence-electron chi connectivity index (χ4n) is 2.43. The van der Waals surface area contributed by atoms with Crippen LogP contribution in [0.15, 0.2) is 48.8 Å². The Morgan fingerprint density at radius 2 is 1.39 bits per heavy atom. The molecule has 162 valence electrons. The van der Waals surface area contributed by atoms with E-state index in [1.807, 2.05) is 13.0 Å². The summed E-state index contributed by atoms with van der Waals surface area (Å²) in [5.41, 5.74) is -2.78. The van der Waals surface area contributed by atoms with E-state index in [1.165, 1.54) is 18.3 Å². The van der Waals surface area contributed by atoms with Gasteiger partial charge in [-0.3, -0.25) is 9.97 Å². The van der Waals surface area contributed by atoms with Gasteiger partial charge in [-0.25, -0.2) is 9.97 Å². The zero-order valence-corrected chi connectivity index (χ0v) is 16.9. The minimum Gasteiger partial charge on any atom is -0.506 e. The molecule has 2 heterocycles. The van der Waals surface area contributed by atoms with Crippen molar-refractivity contribution >= 4 is 32.2 Å². The average molecular weight is 452 g/mol.